The van der Waals surface area contributed by atoms with E-state index in [1.54, 1.807) is 0 Å². The van der Waals surface area contributed by atoms with Crippen molar-refractivity contribution in [3.05, 3.63) is 323 Å². The molecule has 0 aromatic heterocycles. The van der Waals surface area contributed by atoms with Gasteiger partial charge in [0, 0.05) is 0 Å². The second kappa shape index (κ2) is 35.1. The normalized spacial score (nSPS) is 26.3. The molecule has 4 heterocycles. The Hall–Kier alpha value is -7.62. The molecule has 15 atom stereocenters. The molecule has 2 bridgehead atoms. The number of benzene rings is 9. The molecule has 9 aromatic carbocycles. The average molecular weight is 1300 g/mol. The predicted octanol–water partition coefficient (Wildman–Crippen LogP) is 13.5. The fourth-order valence-electron chi connectivity index (χ4n) is 12.6. The van der Waals surface area contributed by atoms with Gasteiger partial charge in [0.1, 0.15) is 73.2 Å². The first kappa shape index (κ1) is 67.0. The van der Waals surface area contributed by atoms with Crippen LogP contribution in [0.3, 0.4) is 0 Å². The number of ether oxygens (including phenoxy) is 15. The maximum atomic E-state index is 7.58. The molecule has 15 nitrogen and oxygen atoms in total. The molecule has 4 saturated heterocycles. The summed E-state index contributed by atoms with van der Waals surface area (Å²) in [5.74, 6) is 0. The maximum absolute atomic E-state index is 7.58. The van der Waals surface area contributed by atoms with Gasteiger partial charge in [0.2, 0.25) is 0 Å². The quantitative estimate of drug-likeness (QED) is 0.0385. The monoisotopic (exact) mass is 1300 g/mol. The van der Waals surface area contributed by atoms with Gasteiger partial charge in [-0.3, -0.25) is 0 Å². The Kier molecular flexibility index (Phi) is 24.5. The summed E-state index contributed by atoms with van der Waals surface area (Å²) in [5.41, 5.74) is 8.69. The minimum Gasteiger partial charge on any atom is -0.374 e. The van der Waals surface area contributed by atoms with Crippen molar-refractivity contribution in [3.8, 4) is 0 Å². The lowest BCUT2D eigenvalue weighted by atomic mass is 9.96. The van der Waals surface area contributed by atoms with Crippen LogP contribution >= 0.6 is 0 Å². The van der Waals surface area contributed by atoms with Crippen LogP contribution in [0.15, 0.2) is 273 Å². The van der Waals surface area contributed by atoms with Crippen molar-refractivity contribution in [2.24, 2.45) is 0 Å². The fourth-order valence-corrected chi connectivity index (χ4v) is 12.6. The lowest BCUT2D eigenvalue weighted by Gasteiger charge is -2.49. The molecule has 9 aromatic rings. The minimum absolute atomic E-state index is 0.123. The van der Waals surface area contributed by atoms with Crippen molar-refractivity contribution in [1.82, 2.24) is 0 Å². The van der Waals surface area contributed by atoms with E-state index in [1.165, 1.54) is 0 Å². The Bertz CT molecular complexity index is 3610. The highest BCUT2D eigenvalue weighted by Gasteiger charge is 2.57. The topological polar surface area (TPSA) is 138 Å². The zero-order valence-corrected chi connectivity index (χ0v) is 53.8. The minimum atomic E-state index is -1.18. The molecule has 0 saturated carbocycles. The van der Waals surface area contributed by atoms with Gasteiger partial charge in [-0.05, 0) is 50.1 Å². The standard InChI is InChI=1S/C81H84O15/c1-10-28-58(29-11-1)46-82-55-67-70(83-47-59-30-12-2-13-31-59)73(85-49-61-34-16-4-17-35-61)76(88-52-64-40-22-7-23-41-64)79(93-67)91-56-68-71(84-48-60-32-14-3-15-33-60)74(86-50-62-36-18-5-19-37-62)78(90-54-66-44-26-9-27-45-66)81(95-68)96-72-69-57-92-80(94-69)77(89-53-65-42-24-8-25-43-65)75(72)87-51-63-38-20-6-21-39-63/h1-45,67-81H,46-57H2/t67-,68-,69-,70-,71+,72-,73+,74+,75+,76-,77-,78-,79+,80-,81-/m1/s1. The van der Waals surface area contributed by atoms with Gasteiger partial charge in [-0.2, -0.15) is 0 Å². The second-order valence-electron chi connectivity index (χ2n) is 24.5. The summed E-state index contributed by atoms with van der Waals surface area (Å²) in [5, 5.41) is 0. The smallest absolute Gasteiger partial charge is 0.187 e. The summed E-state index contributed by atoms with van der Waals surface area (Å²) in [6.07, 6.45) is -12.7. The van der Waals surface area contributed by atoms with Crippen LogP contribution in [0, 0.1) is 0 Å². The van der Waals surface area contributed by atoms with Crippen molar-refractivity contribution in [2.75, 3.05) is 19.8 Å². The molecule has 0 amide bonds. The summed E-state index contributed by atoms with van der Waals surface area (Å²) < 4.78 is 107. The van der Waals surface area contributed by atoms with Gasteiger partial charge in [-0.25, -0.2) is 0 Å². The van der Waals surface area contributed by atoms with E-state index in [9.17, 15) is 0 Å². The van der Waals surface area contributed by atoms with Crippen molar-refractivity contribution < 1.29 is 71.1 Å². The van der Waals surface area contributed by atoms with Crippen molar-refractivity contribution in [3.63, 3.8) is 0 Å². The van der Waals surface area contributed by atoms with Crippen molar-refractivity contribution in [1.29, 1.82) is 0 Å². The molecule has 0 N–H and O–H groups in total. The third kappa shape index (κ3) is 18.5. The van der Waals surface area contributed by atoms with Crippen LogP contribution < -0.4 is 0 Å². The van der Waals surface area contributed by atoms with Gasteiger partial charge in [0.15, 0.2) is 18.9 Å². The first-order chi connectivity index (χ1) is 47.6. The molecule has 4 aliphatic heterocycles. The Labute approximate surface area is 562 Å². The first-order valence-electron chi connectivity index (χ1n) is 33.3. The average Bonchev–Trinajstić information content (AvgIpc) is 1.44. The highest BCUT2D eigenvalue weighted by molar-refractivity contribution is 5.21. The van der Waals surface area contributed by atoms with Crippen molar-refractivity contribution >= 4 is 0 Å². The summed E-state index contributed by atoms with van der Waals surface area (Å²) in [7, 11) is 0. The molecule has 0 aliphatic carbocycles. The molecule has 0 radical (unpaired) electrons. The summed E-state index contributed by atoms with van der Waals surface area (Å²) >= 11 is 0. The molecule has 0 spiro atoms. The first-order valence-corrected chi connectivity index (χ1v) is 33.3. The molecule has 0 unspecified atom stereocenters. The number of rotatable bonds is 33. The molecular weight excluding hydrogens is 1210 g/mol. The zero-order chi connectivity index (χ0) is 64.8. The molecular formula is C81H84O15. The third-order valence-corrected chi connectivity index (χ3v) is 17.6. The molecule has 4 aliphatic rings. The van der Waals surface area contributed by atoms with Gasteiger partial charge in [0.05, 0.1) is 79.3 Å². The summed E-state index contributed by atoms with van der Waals surface area (Å²) in [6.45, 7) is 2.33. The SMILES string of the molecule is c1ccc(COC[C@H]2O[C@H](OC[C@H]3O[C@H](O[C@H]4[C@H](OCc5ccccc5)[C@@H](OCc5ccccc5)[C@@H]5OC[C@H]4O5)[C@H](OCc4ccccc4)[C@@H](OCc4ccccc4)[C@H]3OCc3ccccc3)[C@H](OCc3ccccc3)[C@@H](OCc3ccccc3)[C@@H]2OCc2ccccc2)cc1. The van der Waals surface area contributed by atoms with Crippen LogP contribution in [0.1, 0.15) is 50.1 Å². The lowest BCUT2D eigenvalue weighted by molar-refractivity contribution is -0.369. The predicted molar refractivity (Wildman–Crippen MR) is 359 cm³/mol. The molecule has 13 rings (SSSR count). The molecule has 15 heteroatoms. The van der Waals surface area contributed by atoms with Crippen molar-refractivity contribution in [2.45, 2.75) is 152 Å². The van der Waals surface area contributed by atoms with Gasteiger partial charge >= 0.3 is 0 Å². The van der Waals surface area contributed by atoms with E-state index >= 15 is 0 Å². The summed E-state index contributed by atoms with van der Waals surface area (Å²) in [4.78, 5) is 0. The van der Waals surface area contributed by atoms with E-state index in [2.05, 4.69) is 0 Å². The largest absolute Gasteiger partial charge is 0.374 e. The van der Waals surface area contributed by atoms with Gasteiger partial charge in [0.25, 0.3) is 0 Å². The van der Waals surface area contributed by atoms with Gasteiger partial charge in [-0.15, -0.1) is 0 Å². The lowest BCUT2D eigenvalue weighted by Crippen LogP contribution is -2.65. The Morgan fingerprint density at radius 3 is 0.865 bits per heavy atom. The summed E-state index contributed by atoms with van der Waals surface area (Å²) in [6, 6.07) is 90.5. The maximum Gasteiger partial charge on any atom is 0.187 e. The number of hydrogen-bond acceptors (Lipinski definition) is 15. The van der Waals surface area contributed by atoms with Gasteiger partial charge in [-0.1, -0.05) is 273 Å². The van der Waals surface area contributed by atoms with Crippen LogP contribution in [0.5, 0.6) is 0 Å². The molecule has 96 heavy (non-hydrogen) atoms. The number of fused-ring (bicyclic) bond motifs is 2. The molecule has 498 valence electrons. The van der Waals surface area contributed by atoms with Crippen LogP contribution in [-0.2, 0) is 131 Å². The van der Waals surface area contributed by atoms with Crippen LogP contribution in [-0.4, -0.2) is 112 Å². The van der Waals surface area contributed by atoms with E-state index in [1.807, 2.05) is 273 Å². The van der Waals surface area contributed by atoms with E-state index in [0.29, 0.717) is 6.61 Å². The zero-order valence-electron chi connectivity index (χ0n) is 53.8. The van der Waals surface area contributed by atoms with E-state index < -0.39 is 92.1 Å². The second-order valence-corrected chi connectivity index (χ2v) is 24.5. The Morgan fingerprint density at radius 2 is 0.510 bits per heavy atom. The fraction of sp³-hybridized carbons (Fsp3) is 0.333. The highest BCUT2D eigenvalue weighted by atomic mass is 16.8. The van der Waals surface area contributed by atoms with Gasteiger partial charge < -0.3 is 71.1 Å². The van der Waals surface area contributed by atoms with E-state index in [-0.39, 0.29) is 72.7 Å². The third-order valence-electron chi connectivity index (χ3n) is 17.6. The highest BCUT2D eigenvalue weighted by Crippen LogP contribution is 2.40. The molecule has 4 fully saturated rings. The van der Waals surface area contributed by atoms with E-state index in [4.69, 9.17) is 71.1 Å². The van der Waals surface area contributed by atoms with Crippen LogP contribution in [0.25, 0.3) is 0 Å². The van der Waals surface area contributed by atoms with E-state index in [0.717, 1.165) is 50.1 Å². The Morgan fingerprint density at radius 1 is 0.240 bits per heavy atom. The van der Waals surface area contributed by atoms with Crippen LogP contribution in [0.2, 0.25) is 0 Å². The van der Waals surface area contributed by atoms with Crippen LogP contribution in [0.4, 0.5) is 0 Å². The number of hydrogen-bond donors (Lipinski definition) is 0. The Balaban J connectivity index is 0.884.